The molecule has 0 aliphatic heterocycles. The van der Waals surface area contributed by atoms with Crippen LogP contribution in [0.5, 0.6) is 0 Å². The van der Waals surface area contributed by atoms with Crippen LogP contribution < -0.4 is 0 Å². The van der Waals surface area contributed by atoms with Gasteiger partial charge in [-0.25, -0.2) is 23.9 Å². The quantitative estimate of drug-likeness (QED) is 0.123. The maximum atomic E-state index is 13.5. The predicted molar refractivity (Wildman–Crippen MR) is 233 cm³/mol. The van der Waals surface area contributed by atoms with E-state index in [1.807, 2.05) is 18.2 Å². The van der Waals surface area contributed by atoms with Gasteiger partial charge in [0.2, 0.25) is 0 Å². The molecular formula is C51H32F6Ir3N5O4-3. The van der Waals surface area contributed by atoms with Crippen molar-refractivity contribution >= 4 is 11.9 Å². The van der Waals surface area contributed by atoms with E-state index in [2.05, 4.69) is 43.1 Å². The third-order valence-corrected chi connectivity index (χ3v) is 8.31. The van der Waals surface area contributed by atoms with Crippen LogP contribution in [0.3, 0.4) is 0 Å². The summed E-state index contributed by atoms with van der Waals surface area (Å²) in [4.78, 5) is 39.6. The van der Waals surface area contributed by atoms with Crippen molar-refractivity contribution < 1.29 is 106 Å². The standard InChI is InChI=1S/C17H10F2N.2C11H6F2N.2C6H5NO2.3Ir/c18-13-6-4-12(5-7-13)16-11-14(19)8-9-15(16)17-3-1-2-10-20-17;2*12-8-4-5-9(10(13)7-8)11-3-1-2-6-14-11;2*8-6(9)5-3-1-2-4-7-5;;;/h1-8,10-11H;2*1-4,6-7H;2*1-4H,(H,8,9);;;/q3*-1;;;;;. The second-order valence-electron chi connectivity index (χ2n) is 12.9. The van der Waals surface area contributed by atoms with E-state index in [9.17, 15) is 35.9 Å². The Morgan fingerprint density at radius 1 is 0.391 bits per heavy atom. The summed E-state index contributed by atoms with van der Waals surface area (Å²) in [5, 5.41) is 16.6. The van der Waals surface area contributed by atoms with Gasteiger partial charge in [0.1, 0.15) is 17.2 Å². The normalized spacial score (nSPS) is 9.48. The first-order chi connectivity index (χ1) is 31.9. The van der Waals surface area contributed by atoms with Crippen LogP contribution in [0.25, 0.3) is 44.9 Å². The van der Waals surface area contributed by atoms with Crippen molar-refractivity contribution in [1.82, 2.24) is 24.9 Å². The van der Waals surface area contributed by atoms with Gasteiger partial charge in [-0.2, -0.15) is 0 Å². The number of carboxylic acids is 2. The zero-order chi connectivity index (χ0) is 47.3. The molecule has 5 heterocycles. The molecule has 0 bridgehead atoms. The van der Waals surface area contributed by atoms with Gasteiger partial charge < -0.3 is 25.2 Å². The number of halogens is 6. The van der Waals surface area contributed by atoms with Crippen LogP contribution in [0.4, 0.5) is 26.3 Å². The van der Waals surface area contributed by atoms with Crippen LogP contribution in [-0.2, 0) is 60.3 Å². The second kappa shape index (κ2) is 30.5. The van der Waals surface area contributed by atoms with Gasteiger partial charge in [0.25, 0.3) is 0 Å². The number of pyridine rings is 5. The molecule has 0 atom stereocenters. The fraction of sp³-hybridized carbons (Fsp3) is 0. The van der Waals surface area contributed by atoms with E-state index in [4.69, 9.17) is 10.2 Å². The van der Waals surface area contributed by atoms with Crippen molar-refractivity contribution in [2.75, 3.05) is 0 Å². The first kappa shape index (κ1) is 58.2. The summed E-state index contributed by atoms with van der Waals surface area (Å²) in [7, 11) is 0. The molecule has 2 N–H and O–H groups in total. The molecule has 4 aromatic carbocycles. The van der Waals surface area contributed by atoms with E-state index in [0.29, 0.717) is 28.2 Å². The summed E-state index contributed by atoms with van der Waals surface area (Å²) < 4.78 is 78.1. The zero-order valence-corrected chi connectivity index (χ0v) is 42.2. The van der Waals surface area contributed by atoms with Crippen LogP contribution in [0.1, 0.15) is 21.0 Å². The topological polar surface area (TPSA) is 139 Å². The van der Waals surface area contributed by atoms with Gasteiger partial charge in [-0.05, 0) is 71.7 Å². The molecule has 0 aliphatic rings. The monoisotopic (exact) mass is 1470 g/mol. The van der Waals surface area contributed by atoms with Gasteiger partial charge in [0.05, 0.1) is 0 Å². The minimum Gasteiger partial charge on any atom is -0.477 e. The van der Waals surface area contributed by atoms with Crippen molar-refractivity contribution in [3.8, 4) is 44.9 Å². The molecule has 69 heavy (non-hydrogen) atoms. The van der Waals surface area contributed by atoms with Crippen molar-refractivity contribution in [1.29, 1.82) is 0 Å². The van der Waals surface area contributed by atoms with Crippen LogP contribution >= 0.6 is 0 Å². The molecule has 9 rings (SSSR count). The molecule has 0 fully saturated rings. The molecule has 0 saturated heterocycles. The molecule has 0 spiro atoms. The molecule has 9 nitrogen and oxygen atoms in total. The predicted octanol–water partition coefficient (Wildman–Crippen LogP) is 11.7. The number of aromatic carboxylic acids is 2. The number of aromatic nitrogens is 5. The van der Waals surface area contributed by atoms with Crippen molar-refractivity contribution in [2.24, 2.45) is 0 Å². The Kier molecular flexibility index (Phi) is 25.7. The number of nitrogens with zero attached hydrogens (tertiary/aromatic N) is 5. The Morgan fingerprint density at radius 3 is 1.03 bits per heavy atom. The minimum atomic E-state index is -0.990. The van der Waals surface area contributed by atoms with E-state index in [1.54, 1.807) is 91.4 Å². The van der Waals surface area contributed by atoms with Gasteiger partial charge in [-0.15, -0.1) is 48.0 Å². The van der Waals surface area contributed by atoms with Gasteiger partial charge in [0, 0.05) is 120 Å². The maximum Gasteiger partial charge on any atom is 0.354 e. The summed E-state index contributed by atoms with van der Waals surface area (Å²) in [6.07, 6.45) is 7.66. The second-order valence-corrected chi connectivity index (χ2v) is 12.9. The zero-order valence-electron chi connectivity index (χ0n) is 35.0. The van der Waals surface area contributed by atoms with Crippen LogP contribution in [0.15, 0.2) is 183 Å². The fourth-order valence-corrected chi connectivity index (χ4v) is 5.33. The molecule has 0 amide bonds. The van der Waals surface area contributed by atoms with Crippen LogP contribution in [0.2, 0.25) is 0 Å². The molecule has 0 aliphatic carbocycles. The number of carbonyl (C=O) groups is 2. The third kappa shape index (κ3) is 19.0. The molecule has 0 unspecified atom stereocenters. The number of carboxylic acid groups (broad SMARTS) is 2. The van der Waals surface area contributed by atoms with E-state index >= 15 is 0 Å². The van der Waals surface area contributed by atoms with Gasteiger partial charge in [-0.3, -0.25) is 22.0 Å². The van der Waals surface area contributed by atoms with E-state index in [1.165, 1.54) is 48.8 Å². The number of benzene rings is 4. The average Bonchev–Trinajstić information content (AvgIpc) is 3.34. The summed E-state index contributed by atoms with van der Waals surface area (Å²) >= 11 is 0. The molecular weight excluding hydrogens is 1440 g/mol. The number of hydrogen-bond acceptors (Lipinski definition) is 7. The Morgan fingerprint density at radius 2 is 0.725 bits per heavy atom. The van der Waals surface area contributed by atoms with E-state index < -0.39 is 35.2 Å². The molecule has 18 heteroatoms. The summed E-state index contributed by atoms with van der Waals surface area (Å²) in [6, 6.07) is 45.6. The molecule has 5 aromatic heterocycles. The number of rotatable bonds is 6. The first-order valence-corrected chi connectivity index (χ1v) is 19.1. The van der Waals surface area contributed by atoms with Gasteiger partial charge in [-0.1, -0.05) is 95.1 Å². The van der Waals surface area contributed by atoms with Gasteiger partial charge >= 0.3 is 11.9 Å². The minimum absolute atomic E-state index is 0. The fourth-order valence-electron chi connectivity index (χ4n) is 5.33. The van der Waals surface area contributed by atoms with Crippen LogP contribution in [-0.4, -0.2) is 47.1 Å². The molecule has 3 radical (unpaired) electrons. The van der Waals surface area contributed by atoms with Gasteiger partial charge in [0.15, 0.2) is 0 Å². The average molecular weight is 1470 g/mol. The van der Waals surface area contributed by atoms with E-state index in [0.717, 1.165) is 29.8 Å². The van der Waals surface area contributed by atoms with Crippen molar-refractivity contribution in [2.45, 2.75) is 0 Å². The third-order valence-electron chi connectivity index (χ3n) is 8.31. The first-order valence-electron chi connectivity index (χ1n) is 19.1. The SMILES string of the molecule is Fc1c[c-]c(-c2ccccn2)c(F)c1.Fc1c[c-]c(-c2ccccn2)c(F)c1.Fc1ccc(-c2cc(F)c[c-]c2-c2ccccn2)cc1.O=C(O)c1ccccn1.O=C(O)c1ccccn1.[Ir].[Ir].[Ir]. The van der Waals surface area contributed by atoms with Crippen molar-refractivity contribution in [3.05, 3.63) is 247 Å². The molecule has 9 aromatic rings. The molecule has 0 saturated carbocycles. The summed E-state index contributed by atoms with van der Waals surface area (Å²) in [5.41, 5.74) is 4.20. The maximum absolute atomic E-state index is 13.5. The van der Waals surface area contributed by atoms with Crippen molar-refractivity contribution in [3.63, 3.8) is 0 Å². The Hall–Kier alpha value is -6.90. The summed E-state index contributed by atoms with van der Waals surface area (Å²) in [6.45, 7) is 0. The Bertz CT molecular complexity index is 2810. The Labute approximate surface area is 432 Å². The molecule has 357 valence electrons. The largest absolute Gasteiger partial charge is 0.477 e. The van der Waals surface area contributed by atoms with E-state index in [-0.39, 0.29) is 94.5 Å². The Balaban J connectivity index is 0.000000302. The van der Waals surface area contributed by atoms with Crippen LogP contribution in [0, 0.1) is 53.1 Å². The number of hydrogen-bond donors (Lipinski definition) is 2. The summed E-state index contributed by atoms with van der Waals surface area (Å²) in [5.74, 6) is -5.26. The smallest absolute Gasteiger partial charge is 0.354 e.